The quantitative estimate of drug-likeness (QED) is 0.687. The largest absolute Gasteiger partial charge is 0.348 e. The summed E-state index contributed by atoms with van der Waals surface area (Å²) in [6.07, 6.45) is 0.745. The Morgan fingerprint density at radius 2 is 1.85 bits per heavy atom. The van der Waals surface area contributed by atoms with E-state index in [9.17, 15) is 0 Å². The van der Waals surface area contributed by atoms with Gasteiger partial charge in [0.15, 0.2) is 0 Å². The average molecular weight is 282 g/mol. The van der Waals surface area contributed by atoms with Crippen LogP contribution in [0.5, 0.6) is 0 Å². The Labute approximate surface area is 125 Å². The third-order valence-electron chi connectivity index (χ3n) is 2.81. The highest BCUT2D eigenvalue weighted by Gasteiger charge is 1.97. The van der Waals surface area contributed by atoms with Crippen LogP contribution in [0.4, 0.5) is 0 Å². The van der Waals surface area contributed by atoms with Crippen LogP contribution in [-0.4, -0.2) is 24.0 Å². The first-order valence-electron chi connectivity index (χ1n) is 6.55. The van der Waals surface area contributed by atoms with Crippen molar-refractivity contribution in [1.29, 1.82) is 0 Å². The van der Waals surface area contributed by atoms with E-state index in [1.165, 1.54) is 5.56 Å². The number of nitrogens with one attached hydrogen (secondary N) is 1. The predicted molar refractivity (Wildman–Crippen MR) is 86.0 cm³/mol. The van der Waals surface area contributed by atoms with Crippen LogP contribution in [0.1, 0.15) is 16.8 Å². The number of aromatic nitrogens is 1. The highest BCUT2D eigenvalue weighted by atomic mass is 32.1. The molecule has 0 unspecified atom stereocenters. The van der Waals surface area contributed by atoms with Gasteiger partial charge in [-0.2, -0.15) is 0 Å². The Balaban J connectivity index is 2.09. The van der Waals surface area contributed by atoms with Gasteiger partial charge >= 0.3 is 0 Å². The number of hydrogen-bond acceptors (Lipinski definition) is 2. The second kappa shape index (κ2) is 7.04. The van der Waals surface area contributed by atoms with Crippen LogP contribution in [0, 0.1) is 16.5 Å². The molecule has 0 saturated carbocycles. The van der Waals surface area contributed by atoms with Crippen LogP contribution in [0.3, 0.4) is 0 Å². The topological polar surface area (TPSA) is 19.0 Å². The zero-order valence-corrected chi connectivity index (χ0v) is 12.6. The van der Waals surface area contributed by atoms with Crippen molar-refractivity contribution in [3.8, 4) is 11.8 Å². The maximum atomic E-state index is 5.35. The molecule has 1 heterocycles. The lowest BCUT2D eigenvalue weighted by Gasteiger charge is -2.09. The average Bonchev–Trinajstić information content (AvgIpc) is 2.42. The Kier molecular flexibility index (Phi) is 5.11. The molecule has 0 bridgehead atoms. The van der Waals surface area contributed by atoms with Crippen molar-refractivity contribution in [1.82, 2.24) is 9.88 Å². The maximum Gasteiger partial charge on any atom is 0.119 e. The molecule has 1 aromatic heterocycles. The summed E-state index contributed by atoms with van der Waals surface area (Å²) >= 11 is 5.35. The second-order valence-electron chi connectivity index (χ2n) is 4.93. The van der Waals surface area contributed by atoms with Crippen LogP contribution in [-0.2, 0) is 13.0 Å². The summed E-state index contributed by atoms with van der Waals surface area (Å²) in [7, 11) is 4.06. The monoisotopic (exact) mass is 282 g/mol. The van der Waals surface area contributed by atoms with Crippen LogP contribution >= 0.6 is 12.2 Å². The minimum Gasteiger partial charge on any atom is -0.348 e. The molecule has 0 spiro atoms. The zero-order valence-electron chi connectivity index (χ0n) is 11.8. The van der Waals surface area contributed by atoms with E-state index >= 15 is 0 Å². The first kappa shape index (κ1) is 14.5. The molecule has 102 valence electrons. The van der Waals surface area contributed by atoms with Gasteiger partial charge in [0.25, 0.3) is 0 Å². The molecular weight excluding hydrogens is 264 g/mol. The van der Waals surface area contributed by atoms with E-state index in [0.29, 0.717) is 4.64 Å². The lowest BCUT2D eigenvalue weighted by Crippen LogP contribution is -2.11. The van der Waals surface area contributed by atoms with Crippen molar-refractivity contribution in [2.75, 3.05) is 14.1 Å². The highest BCUT2D eigenvalue weighted by Crippen LogP contribution is 2.04. The van der Waals surface area contributed by atoms with Crippen molar-refractivity contribution in [3.63, 3.8) is 0 Å². The van der Waals surface area contributed by atoms with E-state index in [0.717, 1.165) is 24.2 Å². The summed E-state index contributed by atoms with van der Waals surface area (Å²) in [6.45, 7) is 0.849. The molecule has 0 aliphatic rings. The van der Waals surface area contributed by atoms with Crippen molar-refractivity contribution >= 4 is 12.2 Å². The van der Waals surface area contributed by atoms with Crippen molar-refractivity contribution < 1.29 is 0 Å². The van der Waals surface area contributed by atoms with E-state index in [1.54, 1.807) is 0 Å². The van der Waals surface area contributed by atoms with E-state index in [4.69, 9.17) is 12.2 Å². The molecule has 0 aliphatic heterocycles. The molecule has 2 rings (SSSR count). The van der Waals surface area contributed by atoms with Gasteiger partial charge in [0.05, 0.1) is 5.56 Å². The number of aromatic amines is 1. The number of pyridine rings is 1. The Morgan fingerprint density at radius 3 is 2.50 bits per heavy atom. The molecule has 0 saturated heterocycles. The molecule has 0 radical (unpaired) electrons. The van der Waals surface area contributed by atoms with Crippen LogP contribution in [0.15, 0.2) is 42.5 Å². The van der Waals surface area contributed by atoms with Crippen LogP contribution in [0.2, 0.25) is 0 Å². The van der Waals surface area contributed by atoms with Gasteiger partial charge in [-0.05, 0) is 31.8 Å². The number of rotatable bonds is 3. The van der Waals surface area contributed by atoms with Crippen molar-refractivity contribution in [3.05, 3.63) is 63.9 Å². The Bertz CT molecular complexity index is 675. The summed E-state index contributed by atoms with van der Waals surface area (Å²) in [4.78, 5) is 5.33. The highest BCUT2D eigenvalue weighted by molar-refractivity contribution is 7.71. The van der Waals surface area contributed by atoms with Crippen LogP contribution in [0.25, 0.3) is 0 Å². The zero-order chi connectivity index (χ0) is 14.4. The first-order valence-corrected chi connectivity index (χ1v) is 6.96. The molecule has 3 heteroatoms. The summed E-state index contributed by atoms with van der Waals surface area (Å²) in [5.41, 5.74) is 3.21. The molecule has 1 aromatic carbocycles. The fourth-order valence-corrected chi connectivity index (χ4v) is 2.13. The van der Waals surface area contributed by atoms with Gasteiger partial charge in [-0.3, -0.25) is 0 Å². The molecule has 0 amide bonds. The van der Waals surface area contributed by atoms with Gasteiger partial charge in [-0.1, -0.05) is 54.4 Å². The maximum absolute atomic E-state index is 5.35. The van der Waals surface area contributed by atoms with E-state index < -0.39 is 0 Å². The smallest absolute Gasteiger partial charge is 0.119 e. The minimum absolute atomic E-state index is 0.713. The second-order valence-corrected chi connectivity index (χ2v) is 5.34. The lowest BCUT2D eigenvalue weighted by molar-refractivity contribution is 0.396. The third kappa shape index (κ3) is 4.34. The van der Waals surface area contributed by atoms with E-state index in [2.05, 4.69) is 33.9 Å². The summed E-state index contributed by atoms with van der Waals surface area (Å²) in [6, 6.07) is 14.3. The number of nitrogens with zero attached hydrogens (tertiary/aromatic N) is 1. The first-order chi connectivity index (χ1) is 9.65. The third-order valence-corrected chi connectivity index (χ3v) is 3.14. The standard InChI is InChI=1S/C17H18N2S/c1-19(2)13-16-12-11-15(17(20)18-16)10-6-9-14-7-4-3-5-8-14/h3-5,7-8,11-12H,9,13H2,1-2H3,(H,18,20). The molecule has 2 aromatic rings. The lowest BCUT2D eigenvalue weighted by atomic mass is 10.1. The minimum atomic E-state index is 0.713. The molecule has 20 heavy (non-hydrogen) atoms. The summed E-state index contributed by atoms with van der Waals surface area (Å²) < 4.78 is 0.713. The normalized spacial score (nSPS) is 10.2. The van der Waals surface area contributed by atoms with Crippen molar-refractivity contribution in [2.24, 2.45) is 0 Å². The number of hydrogen-bond donors (Lipinski definition) is 1. The van der Waals surface area contributed by atoms with Gasteiger partial charge in [0.1, 0.15) is 4.64 Å². The number of benzene rings is 1. The van der Waals surface area contributed by atoms with Gasteiger partial charge in [0.2, 0.25) is 0 Å². The fourth-order valence-electron chi connectivity index (χ4n) is 1.88. The Morgan fingerprint density at radius 1 is 1.10 bits per heavy atom. The van der Waals surface area contributed by atoms with Gasteiger partial charge in [-0.25, -0.2) is 0 Å². The molecular formula is C17H18N2S. The van der Waals surface area contributed by atoms with Gasteiger partial charge in [0, 0.05) is 18.7 Å². The van der Waals surface area contributed by atoms with Crippen LogP contribution < -0.4 is 0 Å². The number of H-pyrrole nitrogens is 1. The molecule has 0 aliphatic carbocycles. The molecule has 2 nitrogen and oxygen atoms in total. The van der Waals surface area contributed by atoms with Gasteiger partial charge in [-0.15, -0.1) is 0 Å². The van der Waals surface area contributed by atoms with E-state index in [1.807, 2.05) is 44.4 Å². The Hall–Kier alpha value is -1.89. The molecule has 0 fully saturated rings. The molecule has 1 N–H and O–H groups in total. The summed E-state index contributed by atoms with van der Waals surface area (Å²) in [5.74, 6) is 6.31. The van der Waals surface area contributed by atoms with E-state index in [-0.39, 0.29) is 0 Å². The predicted octanol–water partition coefficient (Wildman–Crippen LogP) is 3.40. The summed E-state index contributed by atoms with van der Waals surface area (Å²) in [5, 5.41) is 0. The fraction of sp³-hybridized carbons (Fsp3) is 0.235. The van der Waals surface area contributed by atoms with Crippen molar-refractivity contribution in [2.45, 2.75) is 13.0 Å². The molecule has 0 atom stereocenters. The van der Waals surface area contributed by atoms with Gasteiger partial charge < -0.3 is 9.88 Å². The SMILES string of the molecule is CN(C)Cc1ccc(C#CCc2ccccc2)c(=S)[nH]1.